The normalized spacial score (nSPS) is 12.0. The summed E-state index contributed by atoms with van der Waals surface area (Å²) in [7, 11) is -4.19. The van der Waals surface area contributed by atoms with Crippen LogP contribution in [0.15, 0.2) is 95.9 Å². The maximum Gasteiger partial charge on any atom is 0.264 e. The molecule has 2 amide bonds. The van der Waals surface area contributed by atoms with E-state index in [2.05, 4.69) is 5.32 Å². The number of carbonyl (C=O) groups excluding carboxylic acids is 2. The molecule has 0 aliphatic heterocycles. The highest BCUT2D eigenvalue weighted by Gasteiger charge is 2.34. The molecule has 1 N–H and O–H groups in total. The van der Waals surface area contributed by atoms with Crippen LogP contribution in [-0.2, 0) is 32.6 Å². The Morgan fingerprint density at radius 3 is 2.06 bits per heavy atom. The number of amides is 2. The number of halogens is 2. The van der Waals surface area contributed by atoms with Crippen molar-refractivity contribution >= 4 is 50.7 Å². The molecule has 0 saturated carbocycles. The van der Waals surface area contributed by atoms with E-state index in [4.69, 9.17) is 23.2 Å². The minimum atomic E-state index is -4.19. The van der Waals surface area contributed by atoms with Crippen molar-refractivity contribution in [1.29, 1.82) is 0 Å². The Morgan fingerprint density at radius 2 is 1.45 bits per heavy atom. The maximum absolute atomic E-state index is 14.6. The third-order valence-corrected chi connectivity index (χ3v) is 10.3. The highest BCUT2D eigenvalue weighted by Crippen LogP contribution is 2.28. The van der Waals surface area contributed by atoms with Gasteiger partial charge in [-0.25, -0.2) is 8.42 Å². The van der Waals surface area contributed by atoms with E-state index >= 15 is 0 Å². The van der Waals surface area contributed by atoms with Gasteiger partial charge in [-0.05, 0) is 85.8 Å². The summed E-state index contributed by atoms with van der Waals surface area (Å²) in [6.45, 7) is 7.58. The number of hydrogen-bond acceptors (Lipinski definition) is 4. The molecule has 0 bridgehead atoms. The van der Waals surface area contributed by atoms with Crippen molar-refractivity contribution in [2.24, 2.45) is 0 Å². The zero-order valence-corrected chi connectivity index (χ0v) is 29.5. The van der Waals surface area contributed by atoms with E-state index in [-0.39, 0.29) is 23.8 Å². The molecule has 4 aromatic rings. The quantitative estimate of drug-likeness (QED) is 0.137. The maximum atomic E-state index is 14.6. The van der Waals surface area contributed by atoms with E-state index in [1.54, 1.807) is 42.5 Å². The predicted molar refractivity (Wildman–Crippen MR) is 190 cm³/mol. The predicted octanol–water partition coefficient (Wildman–Crippen LogP) is 7.67. The second-order valence-electron chi connectivity index (χ2n) is 11.8. The van der Waals surface area contributed by atoms with E-state index < -0.39 is 28.5 Å². The monoisotopic (exact) mass is 693 g/mol. The molecule has 0 unspecified atom stereocenters. The fourth-order valence-electron chi connectivity index (χ4n) is 5.36. The number of nitrogens with zero attached hydrogens (tertiary/aromatic N) is 2. The Morgan fingerprint density at radius 1 is 0.787 bits per heavy atom. The zero-order chi connectivity index (χ0) is 34.1. The fourth-order valence-corrected chi connectivity index (χ4v) is 7.07. The number of rotatable bonds is 14. The van der Waals surface area contributed by atoms with Crippen LogP contribution in [0.1, 0.15) is 47.6 Å². The lowest BCUT2D eigenvalue weighted by Crippen LogP contribution is -2.53. The average Bonchev–Trinajstić information content (AvgIpc) is 3.03. The van der Waals surface area contributed by atoms with Crippen LogP contribution in [0.3, 0.4) is 0 Å². The highest BCUT2D eigenvalue weighted by molar-refractivity contribution is 7.92. The van der Waals surface area contributed by atoms with Crippen molar-refractivity contribution in [3.63, 3.8) is 0 Å². The van der Waals surface area contributed by atoms with Crippen LogP contribution < -0.4 is 9.62 Å². The molecule has 0 aliphatic carbocycles. The van der Waals surface area contributed by atoms with Crippen molar-refractivity contribution in [2.45, 2.75) is 64.4 Å². The Balaban J connectivity index is 1.83. The molecule has 0 aromatic heterocycles. The first kappa shape index (κ1) is 36.0. The Labute approximate surface area is 288 Å². The summed E-state index contributed by atoms with van der Waals surface area (Å²) < 4.78 is 29.7. The van der Waals surface area contributed by atoms with Gasteiger partial charge in [0.05, 0.1) is 20.6 Å². The van der Waals surface area contributed by atoms with Crippen LogP contribution in [0.5, 0.6) is 0 Å². The van der Waals surface area contributed by atoms with Gasteiger partial charge in [0.15, 0.2) is 0 Å². The smallest absolute Gasteiger partial charge is 0.264 e. The Kier molecular flexibility index (Phi) is 12.5. The van der Waals surface area contributed by atoms with Gasteiger partial charge in [0.25, 0.3) is 10.0 Å². The standard InChI is InChI=1S/C37H41Cl2N3O4S/c1-5-6-18-40-37(44)35(23-29-10-8-7-9-11-29)41(24-30-14-17-33(38)34(39)22-30)36(43)25-42(31-20-27(3)19-28(4)21-31)47(45,46)32-15-12-26(2)13-16-32/h7-17,19-22,35H,5-6,18,23-25H2,1-4H3,(H,40,44)/t35-/m1/s1. The van der Waals surface area contributed by atoms with E-state index in [0.29, 0.717) is 27.8 Å². The summed E-state index contributed by atoms with van der Waals surface area (Å²) in [5.74, 6) is -0.868. The van der Waals surface area contributed by atoms with Crippen molar-refractivity contribution in [1.82, 2.24) is 10.2 Å². The van der Waals surface area contributed by atoms with Crippen LogP contribution in [0.25, 0.3) is 0 Å². The first-order chi connectivity index (χ1) is 22.4. The SMILES string of the molecule is CCCCNC(=O)[C@@H](Cc1ccccc1)N(Cc1ccc(Cl)c(Cl)c1)C(=O)CN(c1cc(C)cc(C)c1)S(=O)(=O)c1ccc(C)cc1. The van der Waals surface area contributed by atoms with Crippen LogP contribution in [-0.4, -0.2) is 44.3 Å². The van der Waals surface area contributed by atoms with Crippen molar-refractivity contribution in [2.75, 3.05) is 17.4 Å². The molecule has 0 fully saturated rings. The molecule has 0 aliphatic rings. The van der Waals surface area contributed by atoms with Gasteiger partial charge < -0.3 is 10.2 Å². The van der Waals surface area contributed by atoms with Crippen LogP contribution in [0.2, 0.25) is 10.0 Å². The molecule has 1 atom stereocenters. The van der Waals surface area contributed by atoms with E-state index in [0.717, 1.165) is 39.4 Å². The number of aryl methyl sites for hydroxylation is 3. The van der Waals surface area contributed by atoms with Crippen molar-refractivity contribution in [3.8, 4) is 0 Å². The highest BCUT2D eigenvalue weighted by atomic mass is 35.5. The molecule has 0 heterocycles. The van der Waals surface area contributed by atoms with Gasteiger partial charge in [0.1, 0.15) is 12.6 Å². The molecule has 0 spiro atoms. The van der Waals surface area contributed by atoms with Gasteiger partial charge in [-0.2, -0.15) is 0 Å². The number of anilines is 1. The summed E-state index contributed by atoms with van der Waals surface area (Å²) in [6.07, 6.45) is 1.89. The largest absolute Gasteiger partial charge is 0.354 e. The molecule has 4 rings (SSSR count). The summed E-state index contributed by atoms with van der Waals surface area (Å²) in [4.78, 5) is 30.0. The summed E-state index contributed by atoms with van der Waals surface area (Å²) in [6, 6.07) is 25.5. The second kappa shape index (κ2) is 16.3. The van der Waals surface area contributed by atoms with Gasteiger partial charge in [0, 0.05) is 19.5 Å². The second-order valence-corrected chi connectivity index (χ2v) is 14.5. The lowest BCUT2D eigenvalue weighted by molar-refractivity contribution is -0.140. The van der Waals surface area contributed by atoms with E-state index in [9.17, 15) is 18.0 Å². The van der Waals surface area contributed by atoms with Gasteiger partial charge in [0.2, 0.25) is 11.8 Å². The minimum Gasteiger partial charge on any atom is -0.354 e. The molecule has 0 saturated heterocycles. The number of unbranched alkanes of at least 4 members (excludes halogenated alkanes) is 1. The zero-order valence-electron chi connectivity index (χ0n) is 27.2. The number of nitrogens with one attached hydrogen (secondary N) is 1. The van der Waals surface area contributed by atoms with Crippen molar-refractivity contribution in [3.05, 3.63) is 129 Å². The fraction of sp³-hybridized carbons (Fsp3) is 0.297. The summed E-state index contributed by atoms with van der Waals surface area (Å²) >= 11 is 12.6. The Bertz CT molecular complexity index is 1780. The van der Waals surface area contributed by atoms with Crippen LogP contribution in [0.4, 0.5) is 5.69 Å². The molecule has 10 heteroatoms. The van der Waals surface area contributed by atoms with Crippen LogP contribution >= 0.6 is 23.2 Å². The molecular formula is C37H41Cl2N3O4S. The van der Waals surface area contributed by atoms with E-state index in [1.165, 1.54) is 17.0 Å². The number of hydrogen-bond donors (Lipinski definition) is 1. The van der Waals surface area contributed by atoms with Crippen LogP contribution in [0, 0.1) is 20.8 Å². The molecule has 0 radical (unpaired) electrons. The van der Waals surface area contributed by atoms with E-state index in [1.807, 2.05) is 64.1 Å². The third-order valence-electron chi connectivity index (χ3n) is 7.82. The Hall–Kier alpha value is -3.85. The lowest BCUT2D eigenvalue weighted by atomic mass is 10.0. The van der Waals surface area contributed by atoms with Crippen molar-refractivity contribution < 1.29 is 18.0 Å². The number of sulfonamides is 1. The van der Waals surface area contributed by atoms with Gasteiger partial charge in [-0.15, -0.1) is 0 Å². The summed E-state index contributed by atoms with van der Waals surface area (Å²) in [5, 5.41) is 3.66. The molecular weight excluding hydrogens is 653 g/mol. The first-order valence-electron chi connectivity index (χ1n) is 15.6. The molecule has 7 nitrogen and oxygen atoms in total. The molecule has 248 valence electrons. The summed E-state index contributed by atoms with van der Waals surface area (Å²) in [5.41, 5.74) is 4.46. The van der Waals surface area contributed by atoms with Gasteiger partial charge >= 0.3 is 0 Å². The first-order valence-corrected chi connectivity index (χ1v) is 17.8. The number of benzene rings is 4. The minimum absolute atomic E-state index is 0.000313. The molecule has 47 heavy (non-hydrogen) atoms. The van der Waals surface area contributed by atoms with Gasteiger partial charge in [-0.1, -0.05) is 96.7 Å². The molecule has 4 aromatic carbocycles. The number of carbonyl (C=O) groups is 2. The lowest BCUT2D eigenvalue weighted by Gasteiger charge is -2.34. The topological polar surface area (TPSA) is 86.8 Å². The average molecular weight is 695 g/mol. The third kappa shape index (κ3) is 9.60. The van der Waals surface area contributed by atoms with Gasteiger partial charge in [-0.3, -0.25) is 13.9 Å².